The van der Waals surface area contributed by atoms with E-state index in [-0.39, 0.29) is 0 Å². The van der Waals surface area contributed by atoms with Gasteiger partial charge in [0.1, 0.15) is 25.6 Å². The molecule has 1 aliphatic carbocycles. The number of hydrogen-bond donors (Lipinski definition) is 0. The monoisotopic (exact) mass is 540 g/mol. The van der Waals surface area contributed by atoms with Gasteiger partial charge in [-0.15, -0.1) is 0 Å². The van der Waals surface area contributed by atoms with Crippen molar-refractivity contribution in [3.8, 4) is 0 Å². The third kappa shape index (κ3) is 6.67. The van der Waals surface area contributed by atoms with Gasteiger partial charge in [-0.1, -0.05) is 60.7 Å². The second-order valence-corrected chi connectivity index (χ2v) is 10.9. The van der Waals surface area contributed by atoms with Crippen molar-refractivity contribution in [2.75, 3.05) is 52.1 Å². The molecule has 1 heterocycles. The van der Waals surface area contributed by atoms with Crippen LogP contribution < -0.4 is 9.80 Å². The number of hydrogen-bond acceptors (Lipinski definition) is 3. The van der Waals surface area contributed by atoms with Crippen LogP contribution in [0.4, 0.5) is 11.4 Å². The molecule has 0 bridgehead atoms. The third-order valence-electron chi connectivity index (χ3n) is 7.25. The van der Waals surface area contributed by atoms with Gasteiger partial charge in [-0.05, 0) is 70.8 Å². The zero-order valence-electron chi connectivity index (χ0n) is 24.8. The maximum atomic E-state index is 6.53. The molecule has 3 aromatic rings. The number of benzene rings is 3. The minimum atomic E-state index is 0.834. The molecule has 1 aliphatic heterocycles. The first kappa shape index (κ1) is 27.7. The lowest BCUT2D eigenvalue weighted by atomic mass is 9.97. The molecule has 41 heavy (non-hydrogen) atoms. The first-order chi connectivity index (χ1) is 19.8. The van der Waals surface area contributed by atoms with E-state index in [2.05, 4.69) is 178 Å². The van der Waals surface area contributed by atoms with Crippen molar-refractivity contribution >= 4 is 40.6 Å². The molecular formula is C37H38N3O+. The highest BCUT2D eigenvalue weighted by Crippen LogP contribution is 2.34. The molecule has 3 aromatic carbocycles. The molecule has 0 unspecified atom stereocenters. The number of allylic oxidation sites excluding steroid dienone is 8. The van der Waals surface area contributed by atoms with Gasteiger partial charge < -0.3 is 14.5 Å². The summed E-state index contributed by atoms with van der Waals surface area (Å²) in [6.45, 7) is 0. The molecular weight excluding hydrogens is 502 g/mol. The summed E-state index contributed by atoms with van der Waals surface area (Å²) in [5, 5.41) is 0. The Morgan fingerprint density at radius 2 is 1.07 bits per heavy atom. The Morgan fingerprint density at radius 1 is 0.585 bits per heavy atom. The van der Waals surface area contributed by atoms with Crippen molar-refractivity contribution in [3.05, 3.63) is 143 Å². The van der Waals surface area contributed by atoms with Crippen LogP contribution in [0.5, 0.6) is 0 Å². The molecule has 0 saturated heterocycles. The number of ether oxygens (including phenoxy) is 1. The Hall–Kier alpha value is -4.83. The molecule has 0 amide bonds. The lowest BCUT2D eigenvalue weighted by Crippen LogP contribution is -2.10. The molecule has 5 rings (SSSR count). The average Bonchev–Trinajstić information content (AvgIpc) is 3.00. The molecule has 0 fully saturated rings. The van der Waals surface area contributed by atoms with Crippen LogP contribution >= 0.6 is 0 Å². The second-order valence-electron chi connectivity index (χ2n) is 10.9. The Balaban J connectivity index is 1.44. The Bertz CT molecular complexity index is 1600. The molecule has 0 spiro atoms. The summed E-state index contributed by atoms with van der Waals surface area (Å²) in [4.78, 5) is 4.22. The maximum Gasteiger partial charge on any atom is 0.199 e. The molecule has 0 N–H and O–H groups in total. The largest absolute Gasteiger partial charge is 0.456 e. The van der Waals surface area contributed by atoms with Gasteiger partial charge in [0.2, 0.25) is 0 Å². The predicted molar refractivity (Wildman–Crippen MR) is 176 cm³/mol. The highest BCUT2D eigenvalue weighted by Gasteiger charge is 2.18. The van der Waals surface area contributed by atoms with Crippen LogP contribution in [0, 0.1) is 0 Å². The highest BCUT2D eigenvalue weighted by atomic mass is 16.5. The van der Waals surface area contributed by atoms with Crippen molar-refractivity contribution in [2.45, 2.75) is 0 Å². The van der Waals surface area contributed by atoms with Gasteiger partial charge in [0.25, 0.3) is 0 Å². The zero-order chi connectivity index (χ0) is 28.9. The van der Waals surface area contributed by atoms with Crippen LogP contribution in [-0.2, 0) is 4.74 Å². The fourth-order valence-electron chi connectivity index (χ4n) is 4.66. The van der Waals surface area contributed by atoms with Crippen molar-refractivity contribution in [1.82, 2.24) is 0 Å². The van der Waals surface area contributed by atoms with Crippen molar-refractivity contribution < 1.29 is 9.31 Å². The lowest BCUT2D eigenvalue weighted by Gasteiger charge is -2.21. The summed E-state index contributed by atoms with van der Waals surface area (Å²) in [5.74, 6) is 1.67. The summed E-state index contributed by atoms with van der Waals surface area (Å²) in [7, 11) is 12.3. The SMILES string of the molecule is CN(C)c1ccc(/C=C/c2ccc(C3=CC(c4ccc(N(C)C)cc4)=CC(=C4C=CC(=[N+](C)C)C=C4)O3)cc2)cc1. The minimum absolute atomic E-state index is 0.834. The predicted octanol–water partition coefficient (Wildman–Crippen LogP) is 7.54. The summed E-state index contributed by atoms with van der Waals surface area (Å²) in [6, 6.07) is 25.7. The van der Waals surface area contributed by atoms with Gasteiger partial charge in [-0.3, -0.25) is 0 Å². The van der Waals surface area contributed by atoms with E-state index in [4.69, 9.17) is 4.74 Å². The molecule has 0 saturated carbocycles. The second kappa shape index (κ2) is 12.1. The lowest BCUT2D eigenvalue weighted by molar-refractivity contribution is -0.462. The van der Waals surface area contributed by atoms with E-state index in [9.17, 15) is 0 Å². The number of anilines is 2. The highest BCUT2D eigenvalue weighted by molar-refractivity contribution is 6.02. The van der Waals surface area contributed by atoms with E-state index in [0.717, 1.165) is 45.1 Å². The molecule has 0 aromatic heterocycles. The normalized spacial score (nSPS) is 14.6. The van der Waals surface area contributed by atoms with Gasteiger partial charge in [0.15, 0.2) is 5.71 Å². The van der Waals surface area contributed by atoms with Gasteiger partial charge in [-0.2, -0.15) is 0 Å². The van der Waals surface area contributed by atoms with Gasteiger partial charge >= 0.3 is 0 Å². The number of rotatable bonds is 6. The van der Waals surface area contributed by atoms with Crippen LogP contribution in [0.3, 0.4) is 0 Å². The first-order valence-electron chi connectivity index (χ1n) is 13.9. The van der Waals surface area contributed by atoms with E-state index in [1.165, 1.54) is 16.9 Å². The maximum absolute atomic E-state index is 6.53. The molecule has 4 heteroatoms. The van der Waals surface area contributed by atoms with E-state index in [0.29, 0.717) is 0 Å². The van der Waals surface area contributed by atoms with Crippen LogP contribution in [-0.4, -0.2) is 52.6 Å². The fourth-order valence-corrected chi connectivity index (χ4v) is 4.66. The Morgan fingerprint density at radius 3 is 1.59 bits per heavy atom. The van der Waals surface area contributed by atoms with Crippen molar-refractivity contribution in [1.29, 1.82) is 0 Å². The third-order valence-corrected chi connectivity index (χ3v) is 7.25. The summed E-state index contributed by atoms with van der Waals surface area (Å²) in [6.07, 6.45) is 17.1. The molecule has 0 atom stereocenters. The first-order valence-corrected chi connectivity index (χ1v) is 13.9. The molecule has 4 nitrogen and oxygen atoms in total. The average molecular weight is 541 g/mol. The van der Waals surface area contributed by atoms with E-state index >= 15 is 0 Å². The molecule has 0 radical (unpaired) electrons. The topological polar surface area (TPSA) is 18.7 Å². The summed E-state index contributed by atoms with van der Waals surface area (Å²) >= 11 is 0. The van der Waals surface area contributed by atoms with Crippen LogP contribution in [0.25, 0.3) is 23.5 Å². The smallest absolute Gasteiger partial charge is 0.199 e. The quantitative estimate of drug-likeness (QED) is 0.238. The Kier molecular flexibility index (Phi) is 8.21. The van der Waals surface area contributed by atoms with Gasteiger partial charge in [0.05, 0.1) is 0 Å². The van der Waals surface area contributed by atoms with Crippen LogP contribution in [0.2, 0.25) is 0 Å². The van der Waals surface area contributed by atoms with Crippen LogP contribution in [0.15, 0.2) is 121 Å². The summed E-state index contributed by atoms with van der Waals surface area (Å²) < 4.78 is 8.63. The Labute approximate surface area is 244 Å². The van der Waals surface area contributed by atoms with Gasteiger partial charge in [-0.25, -0.2) is 4.58 Å². The van der Waals surface area contributed by atoms with E-state index < -0.39 is 0 Å². The van der Waals surface area contributed by atoms with E-state index in [1.807, 2.05) is 0 Å². The fraction of sp³-hybridized carbons (Fsp3) is 0.162. The van der Waals surface area contributed by atoms with Crippen LogP contribution in [0.1, 0.15) is 22.3 Å². The standard InChI is InChI=1S/C37H38N3O/c1-38(2)33-19-11-28(12-20-33)8-7-27-9-13-30(14-10-27)36-25-32(29-15-21-34(22-16-29)39(3)4)26-37(41-36)31-17-23-35(24-18-31)40(5)6/h7-26H,1-6H3/q+1. The molecule has 2 aliphatic rings. The number of nitrogens with zero attached hydrogens (tertiary/aromatic N) is 3. The van der Waals surface area contributed by atoms with Crippen molar-refractivity contribution in [2.24, 2.45) is 0 Å². The van der Waals surface area contributed by atoms with E-state index in [1.54, 1.807) is 0 Å². The molecule has 206 valence electrons. The van der Waals surface area contributed by atoms with Crippen molar-refractivity contribution in [3.63, 3.8) is 0 Å². The van der Waals surface area contributed by atoms with Gasteiger partial charge in [0, 0.05) is 62.9 Å². The zero-order valence-corrected chi connectivity index (χ0v) is 24.8. The minimum Gasteiger partial charge on any atom is -0.456 e. The summed E-state index contributed by atoms with van der Waals surface area (Å²) in [5.41, 5.74) is 10.2.